The molecule has 0 bridgehead atoms. The molecule has 2 heterocycles. The van der Waals surface area contributed by atoms with Crippen molar-refractivity contribution in [3.8, 4) is 0 Å². The fourth-order valence-electron chi connectivity index (χ4n) is 3.02. The van der Waals surface area contributed by atoms with Crippen molar-refractivity contribution in [2.75, 3.05) is 32.7 Å². The Labute approximate surface area is 174 Å². The second-order valence-corrected chi connectivity index (χ2v) is 7.61. The van der Waals surface area contributed by atoms with Crippen LogP contribution >= 0.6 is 35.3 Å². The summed E-state index contributed by atoms with van der Waals surface area (Å²) in [7, 11) is 0. The summed E-state index contributed by atoms with van der Waals surface area (Å²) in [6, 6.07) is 2.71. The number of likely N-dealkylation sites (tertiary alicyclic amines) is 1. The van der Waals surface area contributed by atoms with E-state index in [2.05, 4.69) is 59.7 Å². The maximum Gasteiger partial charge on any atom is 0.191 e. The number of thiophene rings is 1. The smallest absolute Gasteiger partial charge is 0.191 e. The molecule has 1 aliphatic heterocycles. The number of rotatable bonds is 7. The van der Waals surface area contributed by atoms with Gasteiger partial charge in [0.25, 0.3) is 0 Å². The fraction of sp³-hybridized carbons (Fsp3) is 0.632. The summed E-state index contributed by atoms with van der Waals surface area (Å²) in [4.78, 5) is 7.29. The van der Waals surface area contributed by atoms with Crippen LogP contribution in [0.5, 0.6) is 0 Å². The van der Waals surface area contributed by atoms with Gasteiger partial charge >= 0.3 is 0 Å². The molecule has 1 aromatic rings. The Morgan fingerprint density at radius 1 is 1.44 bits per heavy atom. The molecular weight excluding hydrogens is 443 g/mol. The first-order valence-electron chi connectivity index (χ1n) is 9.02. The van der Waals surface area contributed by atoms with E-state index in [0.717, 1.165) is 51.5 Å². The number of nitrogens with zero attached hydrogens (tertiary/aromatic N) is 2. The third-order valence-corrected chi connectivity index (χ3v) is 5.10. The van der Waals surface area contributed by atoms with Gasteiger partial charge < -0.3 is 10.6 Å². The van der Waals surface area contributed by atoms with E-state index in [1.54, 1.807) is 11.3 Å². The third-order valence-electron chi connectivity index (χ3n) is 4.40. The van der Waals surface area contributed by atoms with E-state index in [1.165, 1.54) is 11.1 Å². The van der Waals surface area contributed by atoms with Crippen molar-refractivity contribution >= 4 is 41.3 Å². The van der Waals surface area contributed by atoms with Crippen LogP contribution in [-0.2, 0) is 0 Å². The highest BCUT2D eigenvalue weighted by Gasteiger charge is 2.19. The Morgan fingerprint density at radius 3 is 2.72 bits per heavy atom. The number of halogens is 1. The van der Waals surface area contributed by atoms with Gasteiger partial charge in [-0.2, -0.15) is 11.3 Å². The van der Waals surface area contributed by atoms with Crippen LogP contribution in [0.25, 0.3) is 0 Å². The van der Waals surface area contributed by atoms with Gasteiger partial charge in [0.05, 0.1) is 0 Å². The van der Waals surface area contributed by atoms with Crippen LogP contribution in [0.15, 0.2) is 34.0 Å². The van der Waals surface area contributed by atoms with Crippen molar-refractivity contribution in [3.63, 3.8) is 0 Å². The molecule has 0 amide bonds. The van der Waals surface area contributed by atoms with E-state index >= 15 is 0 Å². The largest absolute Gasteiger partial charge is 0.357 e. The van der Waals surface area contributed by atoms with Gasteiger partial charge in [0.1, 0.15) is 0 Å². The van der Waals surface area contributed by atoms with Gasteiger partial charge in [-0.3, -0.25) is 9.89 Å². The zero-order valence-electron chi connectivity index (χ0n) is 15.8. The van der Waals surface area contributed by atoms with Crippen molar-refractivity contribution in [3.05, 3.63) is 34.5 Å². The highest BCUT2D eigenvalue weighted by molar-refractivity contribution is 14.0. The summed E-state index contributed by atoms with van der Waals surface area (Å²) in [5.74, 6) is 1.42. The van der Waals surface area contributed by atoms with Gasteiger partial charge in [-0.1, -0.05) is 19.1 Å². The molecule has 0 spiro atoms. The molecule has 1 atom stereocenters. The topological polar surface area (TPSA) is 39.7 Å². The standard InChI is InChI=1S/C19H32N4S.HI/c1-5-20-19(21-12-16(4)17-8-11-24-14-17)22-18-6-9-23(10-7-18)13-15(2)3;/h8,11,14,16,18H,2,5-7,9-10,12-13H2,1,3-4H3,(H2,20,21,22);1H. The van der Waals surface area contributed by atoms with Gasteiger partial charge in [0, 0.05) is 44.7 Å². The van der Waals surface area contributed by atoms with Crippen LogP contribution in [0, 0.1) is 0 Å². The SMILES string of the molecule is C=C(C)CN1CCC(NC(=NCC(C)c2ccsc2)NCC)CC1.I. The molecule has 2 rings (SSSR count). The molecule has 0 saturated carbocycles. The monoisotopic (exact) mass is 476 g/mol. The molecule has 142 valence electrons. The van der Waals surface area contributed by atoms with Crippen LogP contribution in [0.1, 0.15) is 45.1 Å². The number of hydrogen-bond acceptors (Lipinski definition) is 3. The van der Waals surface area contributed by atoms with E-state index < -0.39 is 0 Å². The minimum Gasteiger partial charge on any atom is -0.357 e. The number of aliphatic imine (C=N–C) groups is 1. The van der Waals surface area contributed by atoms with Crippen LogP contribution in [0.2, 0.25) is 0 Å². The quantitative estimate of drug-likeness (QED) is 0.270. The Kier molecular flexibility index (Phi) is 10.7. The first kappa shape index (κ1) is 22.4. The lowest BCUT2D eigenvalue weighted by molar-refractivity contribution is 0.221. The predicted octanol–water partition coefficient (Wildman–Crippen LogP) is 4.07. The van der Waals surface area contributed by atoms with E-state index in [4.69, 9.17) is 4.99 Å². The summed E-state index contributed by atoms with van der Waals surface area (Å²) in [5, 5.41) is 11.4. The first-order valence-corrected chi connectivity index (χ1v) is 9.96. The summed E-state index contributed by atoms with van der Waals surface area (Å²) in [6.45, 7) is 15.5. The number of guanidine groups is 1. The highest BCUT2D eigenvalue weighted by Crippen LogP contribution is 2.18. The molecule has 0 aromatic carbocycles. The van der Waals surface area contributed by atoms with Crippen molar-refractivity contribution in [1.29, 1.82) is 0 Å². The lowest BCUT2D eigenvalue weighted by Crippen LogP contribution is -2.49. The maximum atomic E-state index is 4.80. The number of nitrogens with one attached hydrogen (secondary N) is 2. The Balaban J connectivity index is 0.00000312. The zero-order valence-corrected chi connectivity index (χ0v) is 18.9. The van der Waals surface area contributed by atoms with Gasteiger partial charge in [-0.15, -0.1) is 24.0 Å². The van der Waals surface area contributed by atoms with Crippen LogP contribution in [0.3, 0.4) is 0 Å². The minimum atomic E-state index is 0. The molecular formula is C19H33IN4S. The van der Waals surface area contributed by atoms with Gasteiger partial charge in [-0.25, -0.2) is 0 Å². The Bertz CT molecular complexity index is 522. The summed E-state index contributed by atoms with van der Waals surface area (Å²) < 4.78 is 0. The van der Waals surface area contributed by atoms with Crippen LogP contribution in [0.4, 0.5) is 0 Å². The number of piperidine rings is 1. The van der Waals surface area contributed by atoms with E-state index in [1.807, 2.05) is 0 Å². The van der Waals surface area contributed by atoms with Crippen molar-refractivity contribution in [1.82, 2.24) is 15.5 Å². The second kappa shape index (κ2) is 11.9. The summed E-state index contributed by atoms with van der Waals surface area (Å²) in [6.07, 6.45) is 2.33. The van der Waals surface area contributed by atoms with Crippen LogP contribution in [-0.4, -0.2) is 49.6 Å². The normalized spacial score (nSPS) is 17.6. The molecule has 1 fully saturated rings. The molecule has 1 saturated heterocycles. The number of hydrogen-bond donors (Lipinski definition) is 2. The lowest BCUT2D eigenvalue weighted by atomic mass is 10.0. The van der Waals surface area contributed by atoms with E-state index in [9.17, 15) is 0 Å². The average Bonchev–Trinajstić information content (AvgIpc) is 3.08. The fourth-order valence-corrected chi connectivity index (χ4v) is 3.80. The first-order chi connectivity index (χ1) is 11.6. The van der Waals surface area contributed by atoms with Gasteiger partial charge in [-0.05, 0) is 49.1 Å². The van der Waals surface area contributed by atoms with E-state index in [0.29, 0.717) is 12.0 Å². The van der Waals surface area contributed by atoms with Crippen molar-refractivity contribution in [2.45, 2.75) is 45.6 Å². The molecule has 0 radical (unpaired) electrons. The summed E-state index contributed by atoms with van der Waals surface area (Å²) in [5.41, 5.74) is 2.63. The van der Waals surface area contributed by atoms with Crippen molar-refractivity contribution < 1.29 is 0 Å². The predicted molar refractivity (Wildman–Crippen MR) is 122 cm³/mol. The maximum absolute atomic E-state index is 4.80. The van der Waals surface area contributed by atoms with Crippen LogP contribution < -0.4 is 10.6 Å². The highest BCUT2D eigenvalue weighted by atomic mass is 127. The Hall–Kier alpha value is -0.600. The molecule has 0 aliphatic carbocycles. The molecule has 25 heavy (non-hydrogen) atoms. The molecule has 4 nitrogen and oxygen atoms in total. The minimum absolute atomic E-state index is 0. The molecule has 6 heteroatoms. The lowest BCUT2D eigenvalue weighted by Gasteiger charge is -2.33. The average molecular weight is 476 g/mol. The van der Waals surface area contributed by atoms with Gasteiger partial charge in [0.15, 0.2) is 5.96 Å². The van der Waals surface area contributed by atoms with Gasteiger partial charge in [0.2, 0.25) is 0 Å². The molecule has 1 unspecified atom stereocenters. The second-order valence-electron chi connectivity index (χ2n) is 6.83. The van der Waals surface area contributed by atoms with Crippen molar-refractivity contribution in [2.24, 2.45) is 4.99 Å². The summed E-state index contributed by atoms with van der Waals surface area (Å²) >= 11 is 1.75. The molecule has 1 aliphatic rings. The molecule has 2 N–H and O–H groups in total. The third kappa shape index (κ3) is 8.09. The zero-order chi connectivity index (χ0) is 17.4. The Morgan fingerprint density at radius 2 is 2.16 bits per heavy atom. The molecule has 1 aromatic heterocycles. The van der Waals surface area contributed by atoms with E-state index in [-0.39, 0.29) is 24.0 Å².